The Morgan fingerprint density at radius 3 is 2.41 bits per heavy atom. The summed E-state index contributed by atoms with van der Waals surface area (Å²) in [7, 11) is -1.80. The minimum atomic E-state index is -3.66. The number of morpholine rings is 1. The van der Waals surface area contributed by atoms with E-state index < -0.39 is 16.1 Å². The highest BCUT2D eigenvalue weighted by Crippen LogP contribution is 2.24. The number of benzene rings is 2. The lowest BCUT2D eigenvalue weighted by Gasteiger charge is -2.27. The number of amides is 1. The third-order valence-corrected chi connectivity index (χ3v) is 8.03. The molecule has 2 aromatic rings. The highest BCUT2D eigenvalue weighted by atomic mass is 32.2. The van der Waals surface area contributed by atoms with E-state index in [1.807, 2.05) is 44.9 Å². The Morgan fingerprint density at radius 2 is 1.76 bits per heavy atom. The van der Waals surface area contributed by atoms with E-state index in [0.29, 0.717) is 50.7 Å². The van der Waals surface area contributed by atoms with Crippen molar-refractivity contribution in [2.24, 2.45) is 0 Å². The van der Waals surface area contributed by atoms with Crippen LogP contribution in [-0.4, -0.2) is 76.1 Å². The molecule has 1 heterocycles. The first-order chi connectivity index (χ1) is 16.1. The third-order valence-electron chi connectivity index (χ3n) is 5.99. The summed E-state index contributed by atoms with van der Waals surface area (Å²) in [6, 6.07) is 10.6. The number of hydrogen-bond acceptors (Lipinski definition) is 6. The molecule has 3 rings (SSSR count). The van der Waals surface area contributed by atoms with Crippen LogP contribution in [0.25, 0.3) is 0 Å². The van der Waals surface area contributed by atoms with Crippen LogP contribution in [0, 0.1) is 20.8 Å². The first-order valence-electron chi connectivity index (χ1n) is 11.5. The molecule has 0 spiro atoms. The number of likely N-dealkylation sites (N-methyl/N-ethyl adjacent to an activating group) is 1. The van der Waals surface area contributed by atoms with Gasteiger partial charge >= 0.3 is 0 Å². The van der Waals surface area contributed by atoms with Gasteiger partial charge in [-0.15, -0.1) is 0 Å². The molecule has 1 aliphatic heterocycles. The topological polar surface area (TPSA) is 88.2 Å². The molecule has 0 saturated carbocycles. The molecule has 0 bridgehead atoms. The minimum absolute atomic E-state index is 0.204. The molecule has 1 fully saturated rings. The average Bonchev–Trinajstić information content (AvgIpc) is 2.79. The normalized spacial score (nSPS) is 15.8. The highest BCUT2D eigenvalue weighted by molar-refractivity contribution is 7.89. The summed E-state index contributed by atoms with van der Waals surface area (Å²) >= 11 is 0. The van der Waals surface area contributed by atoms with Crippen molar-refractivity contribution in [3.8, 4) is 5.75 Å². The van der Waals surface area contributed by atoms with Gasteiger partial charge in [-0.25, -0.2) is 8.42 Å². The summed E-state index contributed by atoms with van der Waals surface area (Å²) in [6.07, 6.45) is 0. The van der Waals surface area contributed by atoms with Gasteiger partial charge in [-0.05, 0) is 75.7 Å². The first kappa shape index (κ1) is 26.2. The average molecular weight is 490 g/mol. The number of anilines is 1. The van der Waals surface area contributed by atoms with E-state index >= 15 is 0 Å². The van der Waals surface area contributed by atoms with Crippen molar-refractivity contribution < 1.29 is 22.7 Å². The van der Waals surface area contributed by atoms with E-state index in [0.717, 1.165) is 16.9 Å². The van der Waals surface area contributed by atoms with Gasteiger partial charge in [-0.1, -0.05) is 12.1 Å². The molecule has 186 valence electrons. The number of carbonyl (C=O) groups is 1. The molecule has 1 unspecified atom stereocenters. The van der Waals surface area contributed by atoms with Crippen LogP contribution in [0.4, 0.5) is 5.69 Å². The number of nitrogens with one attached hydrogen (secondary N) is 1. The molecule has 1 atom stereocenters. The van der Waals surface area contributed by atoms with Gasteiger partial charge in [0.1, 0.15) is 12.4 Å². The number of rotatable bonds is 9. The number of hydrogen-bond donors (Lipinski definition) is 1. The van der Waals surface area contributed by atoms with E-state index in [9.17, 15) is 13.2 Å². The number of ether oxygens (including phenoxy) is 2. The van der Waals surface area contributed by atoms with E-state index in [2.05, 4.69) is 11.4 Å². The summed E-state index contributed by atoms with van der Waals surface area (Å²) in [5.41, 5.74) is 3.38. The monoisotopic (exact) mass is 489 g/mol. The molecule has 9 heteroatoms. The number of nitrogens with zero attached hydrogens (tertiary/aromatic N) is 2. The number of sulfonamides is 1. The smallest absolute Gasteiger partial charge is 0.243 e. The van der Waals surface area contributed by atoms with Crippen LogP contribution in [0.15, 0.2) is 41.3 Å². The quantitative estimate of drug-likeness (QED) is 0.583. The van der Waals surface area contributed by atoms with Crippen molar-refractivity contribution in [3.05, 3.63) is 53.1 Å². The Labute approximate surface area is 202 Å². The summed E-state index contributed by atoms with van der Waals surface area (Å²) in [4.78, 5) is 15.0. The Hall–Kier alpha value is -2.46. The van der Waals surface area contributed by atoms with Gasteiger partial charge in [-0.2, -0.15) is 4.31 Å². The van der Waals surface area contributed by atoms with Crippen LogP contribution in [0.5, 0.6) is 5.75 Å². The van der Waals surface area contributed by atoms with Gasteiger partial charge in [0.15, 0.2) is 0 Å². The van der Waals surface area contributed by atoms with Gasteiger partial charge in [-0.3, -0.25) is 9.69 Å². The zero-order chi connectivity index (χ0) is 24.9. The summed E-state index contributed by atoms with van der Waals surface area (Å²) in [5, 5.41) is 2.86. The van der Waals surface area contributed by atoms with Gasteiger partial charge in [0.05, 0.1) is 24.2 Å². The first-order valence-corrected chi connectivity index (χ1v) is 12.9. The number of carbonyl (C=O) groups excluding carboxylic acids is 1. The van der Waals surface area contributed by atoms with Crippen molar-refractivity contribution in [1.29, 1.82) is 0 Å². The van der Waals surface area contributed by atoms with Crippen LogP contribution < -0.4 is 10.1 Å². The van der Waals surface area contributed by atoms with Gasteiger partial charge in [0.25, 0.3) is 0 Å². The lowest BCUT2D eigenvalue weighted by molar-refractivity contribution is -0.120. The second kappa shape index (κ2) is 11.3. The standard InChI is InChI=1S/C25H35N3O5S/c1-18-14-19(2)16-23(15-18)33-13-8-27(5)21(4)25(29)26-22-7-6-20(3)24(17-22)34(30,31)28-9-11-32-12-10-28/h6-7,14-17,21H,8-13H2,1-5H3,(H,26,29). The SMILES string of the molecule is Cc1cc(C)cc(OCCN(C)C(C)C(=O)Nc2ccc(C)c(S(=O)(=O)N3CCOCC3)c2)c1. The van der Waals surface area contributed by atoms with E-state index in [1.54, 1.807) is 19.1 Å². The molecule has 1 aliphatic rings. The van der Waals surface area contributed by atoms with Gasteiger partial charge in [0.2, 0.25) is 15.9 Å². The van der Waals surface area contributed by atoms with Crippen molar-refractivity contribution in [1.82, 2.24) is 9.21 Å². The predicted octanol–water partition coefficient (Wildman–Crippen LogP) is 2.97. The second-order valence-corrected chi connectivity index (χ2v) is 10.7. The fourth-order valence-corrected chi connectivity index (χ4v) is 5.50. The zero-order valence-corrected chi connectivity index (χ0v) is 21.4. The maximum Gasteiger partial charge on any atom is 0.243 e. The Bertz CT molecular complexity index is 1090. The summed E-state index contributed by atoms with van der Waals surface area (Å²) in [6.45, 7) is 10.0. The van der Waals surface area contributed by atoms with Crippen LogP contribution >= 0.6 is 0 Å². The van der Waals surface area contributed by atoms with E-state index in [-0.39, 0.29) is 10.8 Å². The molecule has 8 nitrogen and oxygen atoms in total. The molecule has 0 aliphatic carbocycles. The second-order valence-electron chi connectivity index (χ2n) is 8.81. The fraction of sp³-hybridized carbons (Fsp3) is 0.480. The van der Waals surface area contributed by atoms with Crippen LogP contribution in [0.2, 0.25) is 0 Å². The molecule has 1 saturated heterocycles. The van der Waals surface area contributed by atoms with Crippen molar-refractivity contribution in [2.45, 2.75) is 38.6 Å². The van der Waals surface area contributed by atoms with Crippen LogP contribution in [0.1, 0.15) is 23.6 Å². The van der Waals surface area contributed by atoms with Gasteiger partial charge in [0, 0.05) is 25.3 Å². The Kier molecular flexibility index (Phi) is 8.70. The number of aryl methyl sites for hydroxylation is 3. The zero-order valence-electron chi connectivity index (χ0n) is 20.6. The predicted molar refractivity (Wildman–Crippen MR) is 133 cm³/mol. The summed E-state index contributed by atoms with van der Waals surface area (Å²) in [5.74, 6) is 0.601. The molecule has 1 N–H and O–H groups in total. The molecule has 0 radical (unpaired) electrons. The molecule has 34 heavy (non-hydrogen) atoms. The van der Waals surface area contributed by atoms with Crippen molar-refractivity contribution in [2.75, 3.05) is 51.8 Å². The lowest BCUT2D eigenvalue weighted by atomic mass is 10.1. The van der Waals surface area contributed by atoms with Gasteiger partial charge < -0.3 is 14.8 Å². The van der Waals surface area contributed by atoms with E-state index in [1.165, 1.54) is 10.4 Å². The Balaban J connectivity index is 1.60. The lowest BCUT2D eigenvalue weighted by Crippen LogP contribution is -2.41. The van der Waals surface area contributed by atoms with Crippen LogP contribution in [0.3, 0.4) is 0 Å². The molecule has 1 amide bonds. The molecule has 0 aromatic heterocycles. The molecule has 2 aromatic carbocycles. The molecular weight excluding hydrogens is 454 g/mol. The maximum absolute atomic E-state index is 13.1. The Morgan fingerprint density at radius 1 is 1.12 bits per heavy atom. The minimum Gasteiger partial charge on any atom is -0.492 e. The van der Waals surface area contributed by atoms with Crippen LogP contribution in [-0.2, 0) is 19.6 Å². The summed E-state index contributed by atoms with van der Waals surface area (Å²) < 4.78 is 38.8. The van der Waals surface area contributed by atoms with Crippen molar-refractivity contribution >= 4 is 21.6 Å². The largest absolute Gasteiger partial charge is 0.492 e. The third kappa shape index (κ3) is 6.56. The molecular formula is C25H35N3O5S. The van der Waals surface area contributed by atoms with Crippen molar-refractivity contribution in [3.63, 3.8) is 0 Å². The fourth-order valence-electron chi connectivity index (χ4n) is 3.85. The van der Waals surface area contributed by atoms with E-state index in [4.69, 9.17) is 9.47 Å². The highest BCUT2D eigenvalue weighted by Gasteiger charge is 2.28. The maximum atomic E-state index is 13.1.